The van der Waals surface area contributed by atoms with E-state index in [9.17, 15) is 18.0 Å². The summed E-state index contributed by atoms with van der Waals surface area (Å²) in [7, 11) is -3.72. The number of carbonyl (C=O) groups is 2. The molecule has 0 atom stereocenters. The minimum Gasteiger partial charge on any atom is -0.452 e. The molecule has 1 heterocycles. The van der Waals surface area contributed by atoms with Crippen LogP contribution in [0.3, 0.4) is 0 Å². The summed E-state index contributed by atoms with van der Waals surface area (Å²) in [5.74, 6) is -1.00. The average molecular weight is 398 g/mol. The van der Waals surface area contributed by atoms with E-state index < -0.39 is 16.0 Å². The Morgan fingerprint density at radius 1 is 1.19 bits per heavy atom. The van der Waals surface area contributed by atoms with Gasteiger partial charge in [-0.3, -0.25) is 4.79 Å². The number of aryl methyl sites for hydroxylation is 1. The van der Waals surface area contributed by atoms with Gasteiger partial charge in [-0.2, -0.15) is 4.31 Å². The van der Waals surface area contributed by atoms with Crippen LogP contribution in [0.25, 0.3) is 0 Å². The Bertz CT molecular complexity index is 783. The van der Waals surface area contributed by atoms with Gasteiger partial charge in [-0.15, -0.1) is 0 Å². The van der Waals surface area contributed by atoms with Gasteiger partial charge in [0, 0.05) is 26.2 Å². The van der Waals surface area contributed by atoms with Crippen LogP contribution < -0.4 is 0 Å². The fourth-order valence-corrected chi connectivity index (χ4v) is 4.22. The Hall–Kier alpha value is -1.97. The standard InChI is InChI=1S/C18H26N2O6S/c1-4-19(5-2)17(21)13-26-18(22)16-12-15(7-6-14(16)3)27(23,24)20-8-10-25-11-9-20/h6-7,12H,4-5,8-11,13H2,1-3H3. The number of amides is 1. The van der Waals surface area contributed by atoms with Crippen LogP contribution in [0.5, 0.6) is 0 Å². The second kappa shape index (κ2) is 9.29. The Kier molecular flexibility index (Phi) is 7.34. The van der Waals surface area contributed by atoms with Crippen molar-refractivity contribution in [2.24, 2.45) is 0 Å². The number of esters is 1. The van der Waals surface area contributed by atoms with Crippen molar-refractivity contribution in [3.8, 4) is 0 Å². The number of sulfonamides is 1. The van der Waals surface area contributed by atoms with Gasteiger partial charge in [0.15, 0.2) is 6.61 Å². The highest BCUT2D eigenvalue weighted by Crippen LogP contribution is 2.21. The van der Waals surface area contributed by atoms with Crippen molar-refractivity contribution in [3.63, 3.8) is 0 Å². The Balaban J connectivity index is 2.16. The fraction of sp³-hybridized carbons (Fsp3) is 0.556. The van der Waals surface area contributed by atoms with E-state index in [1.54, 1.807) is 17.9 Å². The zero-order chi connectivity index (χ0) is 20.0. The van der Waals surface area contributed by atoms with Gasteiger partial charge in [0.2, 0.25) is 10.0 Å². The van der Waals surface area contributed by atoms with Crippen molar-refractivity contribution in [2.75, 3.05) is 46.0 Å². The maximum atomic E-state index is 12.8. The number of likely N-dealkylation sites (N-methyl/N-ethyl adjacent to an activating group) is 1. The van der Waals surface area contributed by atoms with Gasteiger partial charge >= 0.3 is 5.97 Å². The molecule has 150 valence electrons. The fourth-order valence-electron chi connectivity index (χ4n) is 2.79. The SMILES string of the molecule is CCN(CC)C(=O)COC(=O)c1cc(S(=O)(=O)N2CCOCC2)ccc1C. The first-order chi connectivity index (χ1) is 12.8. The quantitative estimate of drug-likeness (QED) is 0.637. The van der Waals surface area contributed by atoms with Crippen molar-refractivity contribution in [2.45, 2.75) is 25.7 Å². The molecule has 0 aliphatic carbocycles. The predicted octanol–water partition coefficient (Wildman–Crippen LogP) is 1.04. The summed E-state index contributed by atoms with van der Waals surface area (Å²) in [5.41, 5.74) is 0.716. The number of benzene rings is 1. The zero-order valence-corrected chi connectivity index (χ0v) is 16.8. The number of ether oxygens (including phenoxy) is 2. The first-order valence-electron chi connectivity index (χ1n) is 8.94. The molecule has 0 bridgehead atoms. The molecule has 0 aromatic heterocycles. The van der Waals surface area contributed by atoms with Crippen molar-refractivity contribution >= 4 is 21.9 Å². The lowest BCUT2D eigenvalue weighted by molar-refractivity contribution is -0.134. The molecule has 8 nitrogen and oxygen atoms in total. The molecule has 0 radical (unpaired) electrons. The van der Waals surface area contributed by atoms with Crippen molar-refractivity contribution < 1.29 is 27.5 Å². The van der Waals surface area contributed by atoms with E-state index in [-0.39, 0.29) is 36.1 Å². The third-order valence-corrected chi connectivity index (χ3v) is 6.37. The van der Waals surface area contributed by atoms with Crippen molar-refractivity contribution in [3.05, 3.63) is 29.3 Å². The third kappa shape index (κ3) is 5.06. The second-order valence-electron chi connectivity index (χ2n) is 6.14. The molecule has 1 saturated heterocycles. The van der Waals surface area contributed by atoms with Crippen LogP contribution in [0, 0.1) is 6.92 Å². The van der Waals surface area contributed by atoms with E-state index in [2.05, 4.69) is 0 Å². The van der Waals surface area contributed by atoms with Crippen molar-refractivity contribution in [1.82, 2.24) is 9.21 Å². The van der Waals surface area contributed by atoms with Crippen LogP contribution >= 0.6 is 0 Å². The first-order valence-corrected chi connectivity index (χ1v) is 10.4. The van der Waals surface area contributed by atoms with Gasteiger partial charge in [0.25, 0.3) is 5.91 Å². The maximum absolute atomic E-state index is 12.8. The van der Waals surface area contributed by atoms with Gasteiger partial charge in [0.1, 0.15) is 0 Å². The first kappa shape index (κ1) is 21.3. The molecule has 0 unspecified atom stereocenters. The molecule has 9 heteroatoms. The topological polar surface area (TPSA) is 93.2 Å². The Morgan fingerprint density at radius 2 is 1.81 bits per heavy atom. The van der Waals surface area contributed by atoms with Crippen LogP contribution in [0.4, 0.5) is 0 Å². The van der Waals surface area contributed by atoms with E-state index in [0.29, 0.717) is 31.9 Å². The van der Waals surface area contributed by atoms with Gasteiger partial charge < -0.3 is 14.4 Å². The van der Waals surface area contributed by atoms with Crippen LogP contribution in [-0.2, 0) is 24.3 Å². The number of hydrogen-bond acceptors (Lipinski definition) is 6. The van der Waals surface area contributed by atoms with Crippen LogP contribution in [0.1, 0.15) is 29.8 Å². The Labute approximate surface area is 160 Å². The highest BCUT2D eigenvalue weighted by atomic mass is 32.2. The highest BCUT2D eigenvalue weighted by Gasteiger charge is 2.27. The lowest BCUT2D eigenvalue weighted by Crippen LogP contribution is -2.40. The minimum absolute atomic E-state index is 0.0250. The number of nitrogens with zero attached hydrogens (tertiary/aromatic N) is 2. The van der Waals surface area contributed by atoms with Crippen molar-refractivity contribution in [1.29, 1.82) is 0 Å². The van der Waals surface area contributed by atoms with E-state index in [4.69, 9.17) is 9.47 Å². The van der Waals surface area contributed by atoms with Gasteiger partial charge in [-0.25, -0.2) is 13.2 Å². The lowest BCUT2D eigenvalue weighted by Gasteiger charge is -2.26. The summed E-state index contributed by atoms with van der Waals surface area (Å²) < 4.78 is 37.2. The largest absolute Gasteiger partial charge is 0.452 e. The zero-order valence-electron chi connectivity index (χ0n) is 15.9. The van der Waals surface area contributed by atoms with Crippen LogP contribution in [0.2, 0.25) is 0 Å². The minimum atomic E-state index is -3.72. The molecule has 2 rings (SSSR count). The predicted molar refractivity (Wildman–Crippen MR) is 99.0 cm³/mol. The maximum Gasteiger partial charge on any atom is 0.338 e. The molecule has 1 fully saturated rings. The summed E-state index contributed by atoms with van der Waals surface area (Å²) in [4.78, 5) is 26.0. The molecule has 1 aliphatic heterocycles. The molecule has 27 heavy (non-hydrogen) atoms. The third-order valence-electron chi connectivity index (χ3n) is 4.48. The summed E-state index contributed by atoms with van der Waals surface area (Å²) in [6.07, 6.45) is 0. The average Bonchev–Trinajstić information content (AvgIpc) is 2.68. The molecule has 1 amide bonds. The lowest BCUT2D eigenvalue weighted by atomic mass is 10.1. The van der Waals surface area contributed by atoms with E-state index in [0.717, 1.165) is 0 Å². The number of rotatable bonds is 7. The van der Waals surface area contributed by atoms with E-state index >= 15 is 0 Å². The van der Waals surface area contributed by atoms with Crippen LogP contribution in [-0.4, -0.2) is 75.5 Å². The second-order valence-corrected chi connectivity index (χ2v) is 8.07. The molecule has 1 aromatic carbocycles. The molecule has 0 N–H and O–H groups in total. The monoisotopic (exact) mass is 398 g/mol. The Morgan fingerprint density at radius 3 is 2.41 bits per heavy atom. The smallest absolute Gasteiger partial charge is 0.338 e. The summed E-state index contributed by atoms with van der Waals surface area (Å²) in [6.45, 7) is 7.27. The molecule has 1 aliphatic rings. The number of hydrogen-bond donors (Lipinski definition) is 0. The normalized spacial score (nSPS) is 15.4. The van der Waals surface area contributed by atoms with Gasteiger partial charge in [0.05, 0.1) is 23.7 Å². The van der Waals surface area contributed by atoms with E-state index in [1.165, 1.54) is 16.4 Å². The molecule has 1 aromatic rings. The summed E-state index contributed by atoms with van der Waals surface area (Å²) in [6, 6.07) is 4.35. The molecular weight excluding hydrogens is 372 g/mol. The number of morpholine rings is 1. The molecule has 0 saturated carbocycles. The summed E-state index contributed by atoms with van der Waals surface area (Å²) >= 11 is 0. The summed E-state index contributed by atoms with van der Waals surface area (Å²) in [5, 5.41) is 0. The number of carbonyl (C=O) groups excluding carboxylic acids is 2. The molecule has 0 spiro atoms. The van der Waals surface area contributed by atoms with Gasteiger partial charge in [-0.05, 0) is 38.5 Å². The highest BCUT2D eigenvalue weighted by molar-refractivity contribution is 7.89. The molecular formula is C18H26N2O6S. The van der Waals surface area contributed by atoms with Crippen LogP contribution in [0.15, 0.2) is 23.1 Å². The van der Waals surface area contributed by atoms with Gasteiger partial charge in [-0.1, -0.05) is 6.07 Å². The van der Waals surface area contributed by atoms with E-state index in [1.807, 2.05) is 13.8 Å².